The number of anilines is 1. The number of aryl methyl sites for hydroxylation is 6. The summed E-state index contributed by atoms with van der Waals surface area (Å²) in [5.41, 5.74) is 22.1. The minimum absolute atomic E-state index is 0.00255. The maximum Gasteiger partial charge on any atom is 0.145 e. The van der Waals surface area contributed by atoms with Gasteiger partial charge in [0.2, 0.25) is 0 Å². The summed E-state index contributed by atoms with van der Waals surface area (Å²) in [6.07, 6.45) is 2.87. The minimum Gasteiger partial charge on any atom is -0.457 e. The van der Waals surface area contributed by atoms with Crippen LogP contribution >= 0.6 is 0 Å². The summed E-state index contributed by atoms with van der Waals surface area (Å²) < 4.78 is 9.75. The number of amidine groups is 1. The van der Waals surface area contributed by atoms with Crippen molar-refractivity contribution in [3.8, 4) is 28.3 Å². The second kappa shape index (κ2) is 17.1. The third-order valence-electron chi connectivity index (χ3n) is 16.4. The van der Waals surface area contributed by atoms with Gasteiger partial charge in [0.1, 0.15) is 28.5 Å². The van der Waals surface area contributed by atoms with Gasteiger partial charge in [0.25, 0.3) is 0 Å². The number of aliphatic imine (C=N–C) groups is 1. The highest BCUT2D eigenvalue weighted by Crippen LogP contribution is 2.58. The van der Waals surface area contributed by atoms with Gasteiger partial charge in [-0.1, -0.05) is 123 Å². The molecule has 2 atom stereocenters. The minimum atomic E-state index is -0.528. The molecule has 0 radical (unpaired) electrons. The van der Waals surface area contributed by atoms with Crippen LogP contribution in [0.2, 0.25) is 0 Å². The maximum absolute atomic E-state index is 7.41. The molecule has 0 unspecified atom stereocenters. The van der Waals surface area contributed by atoms with Gasteiger partial charge in [-0.2, -0.15) is 0 Å². The molecule has 5 nitrogen and oxygen atoms in total. The van der Waals surface area contributed by atoms with Crippen LogP contribution < -0.4 is 9.64 Å². The van der Waals surface area contributed by atoms with E-state index in [1.807, 2.05) is 6.20 Å². The Labute approximate surface area is 430 Å². The number of pyridine rings is 1. The predicted octanol–water partition coefficient (Wildman–Crippen LogP) is 17.8. The van der Waals surface area contributed by atoms with E-state index >= 15 is 0 Å². The zero-order valence-electron chi connectivity index (χ0n) is 46.5. The van der Waals surface area contributed by atoms with Crippen LogP contribution in [-0.2, 0) is 22.8 Å². The fraction of sp³-hybridized carbons (Fsp3) is 0.373. The lowest BCUT2D eigenvalue weighted by Crippen LogP contribution is -2.54. The summed E-state index contributed by atoms with van der Waals surface area (Å²) in [5.74, 6) is 3.13. The predicted molar refractivity (Wildman–Crippen MR) is 306 cm³/mol. The Bertz CT molecular complexity index is 3500. The largest absolute Gasteiger partial charge is 0.457 e. The van der Waals surface area contributed by atoms with Crippen molar-refractivity contribution < 1.29 is 4.74 Å². The first-order chi connectivity index (χ1) is 33.8. The van der Waals surface area contributed by atoms with Gasteiger partial charge >= 0.3 is 0 Å². The fourth-order valence-corrected chi connectivity index (χ4v) is 12.2. The van der Waals surface area contributed by atoms with Crippen molar-refractivity contribution in [2.75, 3.05) is 4.90 Å². The second-order valence-corrected chi connectivity index (χ2v) is 24.8. The number of fused-ring (bicyclic) bond motifs is 6. The molecule has 0 N–H and O–H groups in total. The lowest BCUT2D eigenvalue weighted by atomic mass is 9.78. The Morgan fingerprint density at radius 2 is 1.22 bits per heavy atom. The van der Waals surface area contributed by atoms with E-state index in [1.165, 1.54) is 77.8 Å². The average Bonchev–Trinajstić information content (AvgIpc) is 3.81. The van der Waals surface area contributed by atoms with Gasteiger partial charge in [-0.05, 0) is 205 Å². The van der Waals surface area contributed by atoms with Crippen LogP contribution in [0.25, 0.3) is 38.8 Å². The lowest BCUT2D eigenvalue weighted by molar-refractivity contribution is 0.321. The van der Waals surface area contributed by atoms with Crippen LogP contribution in [0.3, 0.4) is 0 Å². The normalized spacial score (nSPS) is 17.9. The topological polar surface area (TPSA) is 42.6 Å². The molecule has 0 bridgehead atoms. The number of benzene rings is 6. The Hall–Kier alpha value is -6.46. The summed E-state index contributed by atoms with van der Waals surface area (Å²) >= 11 is 0. The molecule has 0 saturated carbocycles. The second-order valence-electron chi connectivity index (χ2n) is 24.8. The molecule has 8 aromatic rings. The zero-order valence-corrected chi connectivity index (χ0v) is 46.5. The molecule has 370 valence electrons. The van der Waals surface area contributed by atoms with Crippen molar-refractivity contribution in [2.24, 2.45) is 4.99 Å². The third kappa shape index (κ3) is 7.97. The van der Waals surface area contributed by atoms with Gasteiger partial charge in [0, 0.05) is 28.6 Å². The van der Waals surface area contributed by atoms with E-state index in [0.717, 1.165) is 62.7 Å². The smallest absolute Gasteiger partial charge is 0.145 e. The van der Waals surface area contributed by atoms with E-state index in [-0.39, 0.29) is 10.8 Å². The van der Waals surface area contributed by atoms with Crippen LogP contribution in [0.1, 0.15) is 167 Å². The first-order valence-corrected chi connectivity index (χ1v) is 26.4. The first kappa shape index (κ1) is 49.1. The molecule has 0 amide bonds. The molecular weight excluding hydrogens is 877 g/mol. The van der Waals surface area contributed by atoms with Gasteiger partial charge in [-0.15, -0.1) is 0 Å². The van der Waals surface area contributed by atoms with Gasteiger partial charge in [-0.25, -0.2) is 4.98 Å². The summed E-state index contributed by atoms with van der Waals surface area (Å²) in [6.45, 7) is 41.2. The summed E-state index contributed by atoms with van der Waals surface area (Å²) in [6, 6.07) is 39.3. The monoisotopic (exact) mass is 953 g/mol. The van der Waals surface area contributed by atoms with Crippen LogP contribution in [0.15, 0.2) is 114 Å². The number of rotatable bonds is 8. The molecular formula is C67H76N4O. The average molecular weight is 953 g/mol. The van der Waals surface area contributed by atoms with Crippen molar-refractivity contribution in [3.63, 3.8) is 0 Å². The Balaban J connectivity index is 1.23. The van der Waals surface area contributed by atoms with Crippen LogP contribution in [0.5, 0.6) is 11.5 Å². The highest BCUT2D eigenvalue weighted by Gasteiger charge is 2.61. The number of hydrogen-bond donors (Lipinski definition) is 0. The summed E-state index contributed by atoms with van der Waals surface area (Å²) in [7, 11) is 0. The molecule has 1 aliphatic carbocycles. The molecule has 0 fully saturated rings. The quantitative estimate of drug-likeness (QED) is 0.152. The van der Waals surface area contributed by atoms with Crippen molar-refractivity contribution in [1.29, 1.82) is 0 Å². The first-order valence-electron chi connectivity index (χ1n) is 26.4. The van der Waals surface area contributed by atoms with E-state index in [9.17, 15) is 0 Å². The van der Waals surface area contributed by atoms with Crippen molar-refractivity contribution in [1.82, 2.24) is 9.55 Å². The SMILES string of the molecule is Cc1cc(C)c(-c2cc(Oc3cc(-n4c5ccc(C(C)(C)C)cc5c5cc(C)cnc54)cc(C(C)(C)C)c3)cc(C3=N[C@]4(C)c5cc(C)c(C)cc5C[C@]4(C)N3c3c(C(C)C)cccc3C(C)C)c2)c(C)c1. The van der Waals surface area contributed by atoms with Crippen molar-refractivity contribution in [2.45, 2.75) is 165 Å². The van der Waals surface area contributed by atoms with Crippen LogP contribution in [0.4, 0.5) is 5.69 Å². The molecule has 2 aliphatic rings. The van der Waals surface area contributed by atoms with Crippen molar-refractivity contribution in [3.05, 3.63) is 182 Å². The molecule has 6 aromatic carbocycles. The standard InChI is InChI=1S/C67H76N4O/c1-38(2)54-20-19-21-55(39(3)4)61(54)71-62(69-67(18)58-28-43(8)42(7)27-48(58)36-66(67,71)17)47-29-46(60-44(9)24-40(5)25-45(60)10)30-52(31-47)72-53-33-50(65(14,15)16)32-51(35-53)70-59-23-22-49(64(11,12)13)34-56(59)57-26-41(6)37-68-63(57)70/h19-35,37-39H,36H2,1-18H3/t66-,67+/m0/s1. The number of ether oxygens (including phenoxy) is 1. The molecule has 72 heavy (non-hydrogen) atoms. The van der Waals surface area contributed by atoms with Gasteiger partial charge in [0.15, 0.2) is 0 Å². The molecule has 10 rings (SSSR count). The summed E-state index contributed by atoms with van der Waals surface area (Å²) in [5, 5.41) is 2.36. The van der Waals surface area contributed by atoms with E-state index in [1.54, 1.807) is 0 Å². The number of nitrogens with zero attached hydrogens (tertiary/aromatic N) is 4. The van der Waals surface area contributed by atoms with Crippen LogP contribution in [-0.4, -0.2) is 20.9 Å². The van der Waals surface area contributed by atoms with E-state index < -0.39 is 11.1 Å². The molecule has 3 heterocycles. The van der Waals surface area contributed by atoms with Gasteiger partial charge in [0.05, 0.1) is 22.4 Å². The number of aromatic nitrogens is 2. The molecule has 2 aromatic heterocycles. The number of para-hydroxylation sites is 1. The Morgan fingerprint density at radius 1 is 0.597 bits per heavy atom. The molecule has 0 spiro atoms. The fourth-order valence-electron chi connectivity index (χ4n) is 12.2. The molecule has 5 heteroatoms. The number of hydrogen-bond acceptors (Lipinski definition) is 4. The highest BCUT2D eigenvalue weighted by atomic mass is 16.5. The Morgan fingerprint density at radius 3 is 1.86 bits per heavy atom. The highest BCUT2D eigenvalue weighted by molar-refractivity contribution is 6.15. The third-order valence-corrected chi connectivity index (χ3v) is 16.4. The van der Waals surface area contributed by atoms with Gasteiger partial charge in [-0.3, -0.25) is 9.56 Å². The van der Waals surface area contributed by atoms with E-state index in [0.29, 0.717) is 11.8 Å². The molecule has 0 saturated heterocycles. The maximum atomic E-state index is 7.41. The van der Waals surface area contributed by atoms with Crippen LogP contribution in [0, 0.1) is 41.5 Å². The lowest BCUT2D eigenvalue weighted by Gasteiger charge is -2.44. The van der Waals surface area contributed by atoms with Crippen molar-refractivity contribution >= 4 is 33.5 Å². The van der Waals surface area contributed by atoms with E-state index in [4.69, 9.17) is 14.7 Å². The molecule has 1 aliphatic heterocycles. The van der Waals surface area contributed by atoms with E-state index in [2.05, 4.69) is 237 Å². The Kier molecular flexibility index (Phi) is 11.7. The zero-order chi connectivity index (χ0) is 51.7. The summed E-state index contributed by atoms with van der Waals surface area (Å²) in [4.78, 5) is 13.9. The van der Waals surface area contributed by atoms with Gasteiger partial charge < -0.3 is 9.64 Å².